The van der Waals surface area contributed by atoms with Crippen LogP contribution in [0.25, 0.3) is 0 Å². The van der Waals surface area contributed by atoms with Crippen LogP contribution in [0.2, 0.25) is 0 Å². The van der Waals surface area contributed by atoms with E-state index in [9.17, 15) is 0 Å². The molecule has 2 aliphatic rings. The standard InChI is InChI=1S/C10H21N3O/c1-2-4-11-10(3-1)9-12-13-5-7-14-8-6-13/h10-12H,1-9H2. The lowest BCUT2D eigenvalue weighted by Gasteiger charge is -2.30. The Hall–Kier alpha value is -0.160. The maximum absolute atomic E-state index is 5.29. The molecule has 2 rings (SSSR count). The van der Waals surface area contributed by atoms with Crippen LogP contribution in [0.1, 0.15) is 19.3 Å². The van der Waals surface area contributed by atoms with Gasteiger partial charge in [0.1, 0.15) is 0 Å². The van der Waals surface area contributed by atoms with E-state index in [4.69, 9.17) is 4.74 Å². The molecule has 0 amide bonds. The second-order valence-electron chi connectivity index (χ2n) is 4.11. The van der Waals surface area contributed by atoms with E-state index in [0.717, 1.165) is 32.8 Å². The molecule has 82 valence electrons. The summed E-state index contributed by atoms with van der Waals surface area (Å²) in [6.07, 6.45) is 4.04. The molecule has 0 aromatic heterocycles. The lowest BCUT2D eigenvalue weighted by atomic mass is 10.1. The van der Waals surface area contributed by atoms with E-state index in [1.807, 2.05) is 0 Å². The quantitative estimate of drug-likeness (QED) is 0.669. The molecule has 1 unspecified atom stereocenters. The summed E-state index contributed by atoms with van der Waals surface area (Å²) in [4.78, 5) is 0. The minimum absolute atomic E-state index is 0.673. The van der Waals surface area contributed by atoms with E-state index in [0.29, 0.717) is 6.04 Å². The third-order valence-corrected chi connectivity index (χ3v) is 2.98. The van der Waals surface area contributed by atoms with Crippen LogP contribution >= 0.6 is 0 Å². The van der Waals surface area contributed by atoms with Gasteiger partial charge in [0.2, 0.25) is 0 Å². The molecule has 2 aliphatic heterocycles. The first-order valence-corrected chi connectivity index (χ1v) is 5.75. The highest BCUT2D eigenvalue weighted by molar-refractivity contribution is 4.74. The lowest BCUT2D eigenvalue weighted by Crippen LogP contribution is -2.51. The molecule has 0 aliphatic carbocycles. The number of morpholine rings is 1. The fourth-order valence-electron chi connectivity index (χ4n) is 2.06. The molecule has 0 radical (unpaired) electrons. The van der Waals surface area contributed by atoms with Gasteiger partial charge in [-0.25, -0.2) is 5.01 Å². The van der Waals surface area contributed by atoms with E-state index >= 15 is 0 Å². The summed E-state index contributed by atoms with van der Waals surface area (Å²) in [6.45, 7) is 6.03. The fraction of sp³-hybridized carbons (Fsp3) is 1.00. The molecule has 2 heterocycles. The van der Waals surface area contributed by atoms with Gasteiger partial charge < -0.3 is 10.1 Å². The SMILES string of the molecule is C1CCC(CNN2CCOCC2)NC1. The molecule has 0 spiro atoms. The van der Waals surface area contributed by atoms with Crippen LogP contribution in [0.4, 0.5) is 0 Å². The van der Waals surface area contributed by atoms with Crippen molar-refractivity contribution in [1.29, 1.82) is 0 Å². The molecule has 14 heavy (non-hydrogen) atoms. The molecule has 4 nitrogen and oxygen atoms in total. The molecular weight excluding hydrogens is 178 g/mol. The van der Waals surface area contributed by atoms with Crippen molar-refractivity contribution in [3.05, 3.63) is 0 Å². The van der Waals surface area contributed by atoms with E-state index in [1.165, 1.54) is 25.8 Å². The van der Waals surface area contributed by atoms with Crippen molar-refractivity contribution in [1.82, 2.24) is 15.8 Å². The van der Waals surface area contributed by atoms with Gasteiger partial charge in [0.15, 0.2) is 0 Å². The number of hydrogen-bond acceptors (Lipinski definition) is 4. The maximum Gasteiger partial charge on any atom is 0.0608 e. The largest absolute Gasteiger partial charge is 0.379 e. The first-order chi connectivity index (χ1) is 6.95. The van der Waals surface area contributed by atoms with Gasteiger partial charge in [0.05, 0.1) is 13.2 Å². The zero-order chi connectivity index (χ0) is 9.64. The molecular formula is C10H21N3O. The van der Waals surface area contributed by atoms with Crippen LogP contribution in [0.5, 0.6) is 0 Å². The van der Waals surface area contributed by atoms with Crippen LogP contribution < -0.4 is 10.7 Å². The van der Waals surface area contributed by atoms with Crippen LogP contribution in [-0.4, -0.2) is 50.4 Å². The minimum Gasteiger partial charge on any atom is -0.379 e. The van der Waals surface area contributed by atoms with E-state index < -0.39 is 0 Å². The van der Waals surface area contributed by atoms with Crippen molar-refractivity contribution >= 4 is 0 Å². The molecule has 0 bridgehead atoms. The van der Waals surface area contributed by atoms with E-state index in [-0.39, 0.29) is 0 Å². The van der Waals surface area contributed by atoms with Gasteiger partial charge in [-0.1, -0.05) is 6.42 Å². The average Bonchev–Trinajstić information content (AvgIpc) is 2.29. The lowest BCUT2D eigenvalue weighted by molar-refractivity contribution is 0.00996. The molecule has 1 atom stereocenters. The summed E-state index contributed by atoms with van der Waals surface area (Å²) in [5.74, 6) is 0. The summed E-state index contributed by atoms with van der Waals surface area (Å²) in [5.41, 5.74) is 3.48. The summed E-state index contributed by atoms with van der Waals surface area (Å²) < 4.78 is 5.29. The molecule has 4 heteroatoms. The smallest absolute Gasteiger partial charge is 0.0608 e. The van der Waals surface area contributed by atoms with Crippen molar-refractivity contribution in [3.8, 4) is 0 Å². The van der Waals surface area contributed by atoms with Gasteiger partial charge in [-0.15, -0.1) is 0 Å². The zero-order valence-corrected chi connectivity index (χ0v) is 8.80. The molecule has 2 fully saturated rings. The Kier molecular flexibility index (Phi) is 4.19. The van der Waals surface area contributed by atoms with Crippen molar-refractivity contribution in [2.24, 2.45) is 0 Å². The molecule has 2 saturated heterocycles. The molecule has 0 saturated carbocycles. The van der Waals surface area contributed by atoms with Gasteiger partial charge in [-0.2, -0.15) is 0 Å². The summed E-state index contributed by atoms with van der Waals surface area (Å²) in [6, 6.07) is 0.673. The second kappa shape index (κ2) is 5.66. The first-order valence-electron chi connectivity index (χ1n) is 5.75. The Morgan fingerprint density at radius 3 is 2.86 bits per heavy atom. The normalized spacial score (nSPS) is 30.4. The van der Waals surface area contributed by atoms with Gasteiger partial charge in [0, 0.05) is 25.7 Å². The monoisotopic (exact) mass is 199 g/mol. The highest BCUT2D eigenvalue weighted by atomic mass is 16.5. The summed E-state index contributed by atoms with van der Waals surface area (Å²) in [5, 5.41) is 5.82. The maximum atomic E-state index is 5.29. The van der Waals surface area contributed by atoms with Gasteiger partial charge in [-0.05, 0) is 19.4 Å². The van der Waals surface area contributed by atoms with Crippen LogP contribution in [0.15, 0.2) is 0 Å². The second-order valence-corrected chi connectivity index (χ2v) is 4.11. The van der Waals surface area contributed by atoms with Crippen molar-refractivity contribution in [2.75, 3.05) is 39.4 Å². The van der Waals surface area contributed by atoms with Gasteiger partial charge in [0.25, 0.3) is 0 Å². The van der Waals surface area contributed by atoms with Crippen LogP contribution in [0, 0.1) is 0 Å². The van der Waals surface area contributed by atoms with Crippen LogP contribution in [-0.2, 0) is 4.74 Å². The minimum atomic E-state index is 0.673. The molecule has 0 aromatic carbocycles. The highest BCUT2D eigenvalue weighted by Crippen LogP contribution is 2.06. The predicted molar refractivity (Wildman–Crippen MR) is 56.0 cm³/mol. The number of nitrogens with one attached hydrogen (secondary N) is 2. The Balaban J connectivity index is 1.60. The first kappa shape index (κ1) is 10.4. The number of rotatable bonds is 3. The Bertz CT molecular complexity index is 135. The number of hydrazine groups is 1. The van der Waals surface area contributed by atoms with Gasteiger partial charge >= 0.3 is 0 Å². The summed E-state index contributed by atoms with van der Waals surface area (Å²) in [7, 11) is 0. The zero-order valence-electron chi connectivity index (χ0n) is 8.80. The third kappa shape index (κ3) is 3.20. The third-order valence-electron chi connectivity index (χ3n) is 2.98. The Morgan fingerprint density at radius 2 is 2.14 bits per heavy atom. The number of nitrogens with zero attached hydrogens (tertiary/aromatic N) is 1. The number of ether oxygens (including phenoxy) is 1. The van der Waals surface area contributed by atoms with E-state index in [1.54, 1.807) is 0 Å². The van der Waals surface area contributed by atoms with Gasteiger partial charge in [-0.3, -0.25) is 5.43 Å². The Labute approximate surface area is 86.0 Å². The van der Waals surface area contributed by atoms with E-state index in [2.05, 4.69) is 15.8 Å². The van der Waals surface area contributed by atoms with Crippen LogP contribution in [0.3, 0.4) is 0 Å². The number of piperidine rings is 1. The Morgan fingerprint density at radius 1 is 1.29 bits per heavy atom. The summed E-state index contributed by atoms with van der Waals surface area (Å²) >= 11 is 0. The van der Waals surface area contributed by atoms with Crippen molar-refractivity contribution in [3.63, 3.8) is 0 Å². The fourth-order valence-corrected chi connectivity index (χ4v) is 2.06. The molecule has 2 N–H and O–H groups in total. The highest BCUT2D eigenvalue weighted by Gasteiger charge is 2.14. The van der Waals surface area contributed by atoms with Crippen molar-refractivity contribution < 1.29 is 4.74 Å². The molecule has 0 aromatic rings. The number of hydrogen-bond donors (Lipinski definition) is 2. The van der Waals surface area contributed by atoms with Crippen molar-refractivity contribution in [2.45, 2.75) is 25.3 Å². The predicted octanol–water partition coefficient (Wildman–Crippen LogP) is -0.0347. The average molecular weight is 199 g/mol. The topological polar surface area (TPSA) is 36.5 Å².